The van der Waals surface area contributed by atoms with Gasteiger partial charge in [0.2, 0.25) is 0 Å². The molecule has 0 aromatic carbocycles. The van der Waals surface area contributed by atoms with Crippen molar-refractivity contribution in [2.45, 2.75) is 25.4 Å². The predicted octanol–water partition coefficient (Wildman–Crippen LogP) is 1.75. The lowest BCUT2D eigenvalue weighted by atomic mass is 10.1. The molecule has 0 radical (unpaired) electrons. The molecule has 1 aliphatic heterocycles. The van der Waals surface area contributed by atoms with Crippen LogP contribution in [0, 0.1) is 0 Å². The van der Waals surface area contributed by atoms with Crippen LogP contribution >= 0.6 is 0 Å². The molecule has 0 amide bonds. The van der Waals surface area contributed by atoms with Crippen LogP contribution in [0.25, 0.3) is 5.65 Å². The highest BCUT2D eigenvalue weighted by Gasteiger charge is 2.18. The summed E-state index contributed by atoms with van der Waals surface area (Å²) in [5.41, 5.74) is 1.62. The van der Waals surface area contributed by atoms with Crippen molar-refractivity contribution in [3.63, 3.8) is 0 Å². The van der Waals surface area contributed by atoms with E-state index in [1.54, 1.807) is 16.5 Å². The summed E-state index contributed by atoms with van der Waals surface area (Å²) in [5, 5.41) is 9.10. The zero-order chi connectivity index (χ0) is 12.5. The third kappa shape index (κ3) is 1.97. The lowest BCUT2D eigenvalue weighted by molar-refractivity contribution is 0.0698. The van der Waals surface area contributed by atoms with E-state index in [1.165, 1.54) is 0 Å². The van der Waals surface area contributed by atoms with Crippen molar-refractivity contribution < 1.29 is 14.6 Å². The number of aromatic nitrogens is 2. The van der Waals surface area contributed by atoms with E-state index in [1.807, 2.05) is 12.4 Å². The van der Waals surface area contributed by atoms with Crippen LogP contribution < -0.4 is 0 Å². The number of carboxylic acids is 1. The summed E-state index contributed by atoms with van der Waals surface area (Å²) in [4.78, 5) is 15.5. The van der Waals surface area contributed by atoms with E-state index in [0.29, 0.717) is 5.65 Å². The van der Waals surface area contributed by atoms with Crippen molar-refractivity contribution in [1.82, 2.24) is 9.38 Å². The number of nitrogens with zero attached hydrogens (tertiary/aromatic N) is 2. The zero-order valence-corrected chi connectivity index (χ0v) is 9.87. The molecule has 1 saturated heterocycles. The molecule has 3 heterocycles. The lowest BCUT2D eigenvalue weighted by Gasteiger charge is -2.05. The number of hydrogen-bond donors (Lipinski definition) is 1. The Balaban J connectivity index is 1.94. The molecule has 94 valence electrons. The summed E-state index contributed by atoms with van der Waals surface area (Å²) in [6.45, 7) is 0.818. The van der Waals surface area contributed by atoms with Crippen LogP contribution in [0.15, 0.2) is 24.5 Å². The van der Waals surface area contributed by atoms with E-state index in [0.717, 1.165) is 31.6 Å². The van der Waals surface area contributed by atoms with E-state index in [4.69, 9.17) is 9.84 Å². The minimum absolute atomic E-state index is 0.225. The van der Waals surface area contributed by atoms with Crippen molar-refractivity contribution in [2.24, 2.45) is 0 Å². The number of imidazole rings is 1. The van der Waals surface area contributed by atoms with Gasteiger partial charge in [-0.3, -0.25) is 0 Å². The Morgan fingerprint density at radius 1 is 1.61 bits per heavy atom. The van der Waals surface area contributed by atoms with E-state index < -0.39 is 5.97 Å². The van der Waals surface area contributed by atoms with Crippen LogP contribution in [-0.2, 0) is 11.2 Å². The van der Waals surface area contributed by atoms with Crippen LogP contribution in [-0.4, -0.2) is 33.2 Å². The first-order valence-electron chi connectivity index (χ1n) is 6.05. The number of hydrogen-bond acceptors (Lipinski definition) is 3. The third-order valence-corrected chi connectivity index (χ3v) is 3.22. The number of fused-ring (bicyclic) bond motifs is 1. The highest BCUT2D eigenvalue weighted by atomic mass is 16.5. The van der Waals surface area contributed by atoms with Crippen molar-refractivity contribution in [2.75, 3.05) is 6.61 Å². The van der Waals surface area contributed by atoms with Gasteiger partial charge in [-0.15, -0.1) is 0 Å². The number of pyridine rings is 1. The standard InChI is InChI=1S/C13H14N2O3/c16-13(17)11-4-1-5-15-8-9(14-12(11)15)7-10-3-2-6-18-10/h1,4-5,8,10H,2-3,6-7H2,(H,16,17). The smallest absolute Gasteiger partial charge is 0.339 e. The average molecular weight is 246 g/mol. The molecular weight excluding hydrogens is 232 g/mol. The Morgan fingerprint density at radius 3 is 3.22 bits per heavy atom. The first-order valence-corrected chi connectivity index (χ1v) is 6.05. The fraction of sp³-hybridized carbons (Fsp3) is 0.385. The maximum atomic E-state index is 11.1. The van der Waals surface area contributed by atoms with Gasteiger partial charge in [-0.1, -0.05) is 0 Å². The Bertz CT molecular complexity index is 585. The molecule has 3 rings (SSSR count). The van der Waals surface area contributed by atoms with Gasteiger partial charge in [-0.2, -0.15) is 0 Å². The second kappa shape index (κ2) is 4.42. The third-order valence-electron chi connectivity index (χ3n) is 3.22. The number of carbonyl (C=O) groups is 1. The van der Waals surface area contributed by atoms with Crippen molar-refractivity contribution in [3.05, 3.63) is 35.8 Å². The number of aromatic carboxylic acids is 1. The largest absolute Gasteiger partial charge is 0.478 e. The van der Waals surface area contributed by atoms with Gasteiger partial charge in [0.05, 0.1) is 11.8 Å². The minimum atomic E-state index is -0.949. The fourth-order valence-electron chi connectivity index (χ4n) is 2.37. The summed E-state index contributed by atoms with van der Waals surface area (Å²) < 4.78 is 7.32. The van der Waals surface area contributed by atoms with Crippen LogP contribution in [0.3, 0.4) is 0 Å². The Labute approximate surface area is 104 Å². The molecule has 2 aromatic rings. The Morgan fingerprint density at radius 2 is 2.50 bits per heavy atom. The molecule has 0 aliphatic carbocycles. The number of carboxylic acid groups (broad SMARTS) is 1. The van der Waals surface area contributed by atoms with Crippen LogP contribution in [0.2, 0.25) is 0 Å². The Kier molecular flexibility index (Phi) is 2.76. The van der Waals surface area contributed by atoms with Crippen LogP contribution in [0.1, 0.15) is 28.9 Å². The minimum Gasteiger partial charge on any atom is -0.478 e. The molecule has 1 unspecified atom stereocenters. The molecule has 18 heavy (non-hydrogen) atoms. The summed E-state index contributed by atoms with van der Waals surface area (Å²) in [6.07, 6.45) is 6.82. The molecule has 0 saturated carbocycles. The summed E-state index contributed by atoms with van der Waals surface area (Å²) in [6, 6.07) is 3.29. The molecule has 5 heteroatoms. The van der Waals surface area contributed by atoms with Crippen LogP contribution in [0.5, 0.6) is 0 Å². The quantitative estimate of drug-likeness (QED) is 0.896. The molecule has 1 N–H and O–H groups in total. The molecular formula is C13H14N2O3. The van der Waals surface area contributed by atoms with Gasteiger partial charge in [0, 0.05) is 25.4 Å². The summed E-state index contributed by atoms with van der Waals surface area (Å²) in [5.74, 6) is -0.949. The number of rotatable bonds is 3. The molecule has 1 aliphatic rings. The average Bonchev–Trinajstić information content (AvgIpc) is 2.96. The second-order valence-electron chi connectivity index (χ2n) is 4.53. The van der Waals surface area contributed by atoms with E-state index in [9.17, 15) is 4.79 Å². The van der Waals surface area contributed by atoms with Crippen LogP contribution in [0.4, 0.5) is 0 Å². The lowest BCUT2D eigenvalue weighted by Crippen LogP contribution is -2.08. The summed E-state index contributed by atoms with van der Waals surface area (Å²) in [7, 11) is 0. The van der Waals surface area contributed by atoms with Gasteiger partial charge >= 0.3 is 5.97 Å². The van der Waals surface area contributed by atoms with E-state index >= 15 is 0 Å². The molecule has 0 bridgehead atoms. The maximum Gasteiger partial charge on any atom is 0.339 e. The molecule has 5 nitrogen and oxygen atoms in total. The monoisotopic (exact) mass is 246 g/mol. The maximum absolute atomic E-state index is 11.1. The predicted molar refractivity (Wildman–Crippen MR) is 64.8 cm³/mol. The molecule has 0 spiro atoms. The van der Waals surface area contributed by atoms with Crippen molar-refractivity contribution in [3.8, 4) is 0 Å². The normalized spacial score (nSPS) is 19.4. The van der Waals surface area contributed by atoms with Crippen molar-refractivity contribution in [1.29, 1.82) is 0 Å². The van der Waals surface area contributed by atoms with E-state index in [-0.39, 0.29) is 11.7 Å². The second-order valence-corrected chi connectivity index (χ2v) is 4.53. The topological polar surface area (TPSA) is 63.8 Å². The SMILES string of the molecule is O=C(O)c1cccn2cc(CC3CCCO3)nc12. The first kappa shape index (κ1) is 11.2. The molecule has 1 atom stereocenters. The fourth-order valence-corrected chi connectivity index (χ4v) is 2.37. The number of ether oxygens (including phenoxy) is 1. The van der Waals surface area contributed by atoms with Gasteiger partial charge in [0.25, 0.3) is 0 Å². The molecule has 2 aromatic heterocycles. The van der Waals surface area contributed by atoms with Gasteiger partial charge in [-0.25, -0.2) is 9.78 Å². The van der Waals surface area contributed by atoms with Crippen molar-refractivity contribution >= 4 is 11.6 Å². The van der Waals surface area contributed by atoms with Gasteiger partial charge in [-0.05, 0) is 25.0 Å². The zero-order valence-electron chi connectivity index (χ0n) is 9.87. The van der Waals surface area contributed by atoms with Gasteiger partial charge < -0.3 is 14.2 Å². The highest BCUT2D eigenvalue weighted by Crippen LogP contribution is 2.18. The van der Waals surface area contributed by atoms with E-state index in [2.05, 4.69) is 4.98 Å². The molecule has 1 fully saturated rings. The van der Waals surface area contributed by atoms with Gasteiger partial charge in [0.15, 0.2) is 5.65 Å². The Hall–Kier alpha value is -1.88. The highest BCUT2D eigenvalue weighted by molar-refractivity contribution is 5.94. The van der Waals surface area contributed by atoms with Gasteiger partial charge in [0.1, 0.15) is 5.56 Å². The first-order chi connectivity index (χ1) is 8.74. The summed E-state index contributed by atoms with van der Waals surface area (Å²) >= 11 is 0.